The monoisotopic (exact) mass is 274 g/mol. The second-order valence-electron chi connectivity index (χ2n) is 5.06. The zero-order chi connectivity index (χ0) is 13.8. The molecule has 2 rings (SSSR count). The highest BCUT2D eigenvalue weighted by atomic mass is 35.5. The van der Waals surface area contributed by atoms with Crippen LogP contribution in [0, 0.1) is 6.92 Å². The fourth-order valence-electron chi connectivity index (χ4n) is 2.19. The van der Waals surface area contributed by atoms with Gasteiger partial charge in [0.1, 0.15) is 11.5 Å². The van der Waals surface area contributed by atoms with Crippen molar-refractivity contribution in [2.24, 2.45) is 0 Å². The highest BCUT2D eigenvalue weighted by molar-refractivity contribution is 6.17. The number of ether oxygens (including phenoxy) is 1. The summed E-state index contributed by atoms with van der Waals surface area (Å²) < 4.78 is 5.88. The average Bonchev–Trinajstić information content (AvgIpc) is 2.38. The van der Waals surface area contributed by atoms with Crippen molar-refractivity contribution in [1.82, 2.24) is 0 Å². The minimum Gasteiger partial charge on any atom is -0.457 e. The van der Waals surface area contributed by atoms with Crippen LogP contribution in [-0.4, -0.2) is 0 Å². The van der Waals surface area contributed by atoms with E-state index in [9.17, 15) is 0 Å². The Morgan fingerprint density at radius 1 is 1.05 bits per heavy atom. The summed E-state index contributed by atoms with van der Waals surface area (Å²) in [6, 6.07) is 14.1. The number of hydrogen-bond donors (Lipinski definition) is 0. The molecule has 1 nitrogen and oxygen atoms in total. The minimum absolute atomic E-state index is 0.502. The lowest BCUT2D eigenvalue weighted by atomic mass is 9.98. The van der Waals surface area contributed by atoms with E-state index in [0.29, 0.717) is 11.8 Å². The Balaban J connectivity index is 2.21. The molecule has 0 unspecified atom stereocenters. The molecule has 2 heteroatoms. The van der Waals surface area contributed by atoms with E-state index >= 15 is 0 Å². The molecule has 2 aromatic carbocycles. The van der Waals surface area contributed by atoms with E-state index in [1.54, 1.807) is 0 Å². The molecular weight excluding hydrogens is 256 g/mol. The molecule has 19 heavy (non-hydrogen) atoms. The Bertz CT molecular complexity index is 561. The lowest BCUT2D eigenvalue weighted by Crippen LogP contribution is -1.93. The maximum Gasteiger partial charge on any atom is 0.127 e. The smallest absolute Gasteiger partial charge is 0.127 e. The van der Waals surface area contributed by atoms with Gasteiger partial charge < -0.3 is 4.74 Å². The van der Waals surface area contributed by atoms with Gasteiger partial charge in [0.25, 0.3) is 0 Å². The summed E-state index contributed by atoms with van der Waals surface area (Å²) in [5.74, 6) is 2.74. The fourth-order valence-corrected chi connectivity index (χ4v) is 2.35. The highest BCUT2D eigenvalue weighted by Gasteiger charge is 2.05. The Hall–Kier alpha value is -1.47. The van der Waals surface area contributed by atoms with Crippen LogP contribution in [0.25, 0.3) is 0 Å². The first-order chi connectivity index (χ1) is 9.10. The molecule has 0 amide bonds. The average molecular weight is 275 g/mol. The molecule has 0 saturated heterocycles. The van der Waals surface area contributed by atoms with Gasteiger partial charge in [-0.05, 0) is 53.8 Å². The van der Waals surface area contributed by atoms with Crippen molar-refractivity contribution in [3.05, 3.63) is 59.2 Å². The molecule has 2 aromatic rings. The van der Waals surface area contributed by atoms with E-state index < -0.39 is 0 Å². The topological polar surface area (TPSA) is 9.23 Å². The van der Waals surface area contributed by atoms with Crippen LogP contribution in [0.2, 0.25) is 0 Å². The van der Waals surface area contributed by atoms with Crippen LogP contribution in [-0.2, 0) is 5.88 Å². The molecule has 0 atom stereocenters. The van der Waals surface area contributed by atoms with Crippen LogP contribution in [0.3, 0.4) is 0 Å². The van der Waals surface area contributed by atoms with Gasteiger partial charge in [0.2, 0.25) is 0 Å². The molecule has 0 aliphatic heterocycles. The van der Waals surface area contributed by atoms with Gasteiger partial charge in [0.15, 0.2) is 0 Å². The van der Waals surface area contributed by atoms with Crippen molar-refractivity contribution < 1.29 is 4.74 Å². The van der Waals surface area contributed by atoms with E-state index in [-0.39, 0.29) is 0 Å². The molecule has 0 heterocycles. The Morgan fingerprint density at radius 3 is 2.42 bits per heavy atom. The predicted octanol–water partition coefficient (Wildman–Crippen LogP) is 5.65. The van der Waals surface area contributed by atoms with Gasteiger partial charge in [-0.2, -0.15) is 0 Å². The van der Waals surface area contributed by atoms with Crippen LogP contribution in [0.4, 0.5) is 0 Å². The molecule has 0 aliphatic carbocycles. The first-order valence-corrected chi connectivity index (χ1v) is 7.07. The zero-order valence-electron chi connectivity index (χ0n) is 11.6. The molecular formula is C17H19ClO. The lowest BCUT2D eigenvalue weighted by Gasteiger charge is -2.12. The van der Waals surface area contributed by atoms with E-state index in [1.807, 2.05) is 30.3 Å². The van der Waals surface area contributed by atoms with Gasteiger partial charge >= 0.3 is 0 Å². The first kappa shape index (κ1) is 14.0. The molecule has 0 saturated carbocycles. The minimum atomic E-state index is 0.502. The molecule has 0 bridgehead atoms. The normalized spacial score (nSPS) is 10.8. The van der Waals surface area contributed by atoms with Gasteiger partial charge in [-0.1, -0.05) is 32.0 Å². The van der Waals surface area contributed by atoms with Gasteiger partial charge in [-0.3, -0.25) is 0 Å². The third kappa shape index (κ3) is 3.51. The number of benzene rings is 2. The third-order valence-electron chi connectivity index (χ3n) is 3.15. The summed E-state index contributed by atoms with van der Waals surface area (Å²) in [6.07, 6.45) is 0. The summed E-state index contributed by atoms with van der Waals surface area (Å²) in [5, 5.41) is 0. The van der Waals surface area contributed by atoms with E-state index in [0.717, 1.165) is 17.1 Å². The van der Waals surface area contributed by atoms with Crippen molar-refractivity contribution in [1.29, 1.82) is 0 Å². The fraction of sp³-hybridized carbons (Fsp3) is 0.294. The van der Waals surface area contributed by atoms with Crippen LogP contribution in [0.5, 0.6) is 11.5 Å². The molecule has 0 spiro atoms. The van der Waals surface area contributed by atoms with Crippen molar-refractivity contribution in [2.45, 2.75) is 32.6 Å². The largest absolute Gasteiger partial charge is 0.457 e. The number of halogens is 1. The first-order valence-electron chi connectivity index (χ1n) is 6.53. The number of alkyl halides is 1. The SMILES string of the molecule is Cc1cc(Oc2cccc(CCl)c2)ccc1C(C)C. The van der Waals surface area contributed by atoms with Crippen LogP contribution < -0.4 is 4.74 Å². The summed E-state index contributed by atoms with van der Waals surface area (Å²) in [6.45, 7) is 6.52. The van der Waals surface area contributed by atoms with Crippen LogP contribution >= 0.6 is 11.6 Å². The van der Waals surface area contributed by atoms with Crippen LogP contribution in [0.1, 0.15) is 36.5 Å². The molecule has 100 valence electrons. The van der Waals surface area contributed by atoms with Gasteiger partial charge in [0.05, 0.1) is 0 Å². The van der Waals surface area contributed by atoms with Gasteiger partial charge in [0, 0.05) is 5.88 Å². The van der Waals surface area contributed by atoms with Crippen molar-refractivity contribution in [2.75, 3.05) is 0 Å². The van der Waals surface area contributed by atoms with E-state index in [4.69, 9.17) is 16.3 Å². The third-order valence-corrected chi connectivity index (χ3v) is 3.46. The highest BCUT2D eigenvalue weighted by Crippen LogP contribution is 2.27. The van der Waals surface area contributed by atoms with Crippen molar-refractivity contribution in [3.8, 4) is 11.5 Å². The second-order valence-corrected chi connectivity index (χ2v) is 5.32. The summed E-state index contributed by atoms with van der Waals surface area (Å²) in [4.78, 5) is 0. The Labute approximate surface area is 120 Å². The number of hydrogen-bond acceptors (Lipinski definition) is 1. The summed E-state index contributed by atoms with van der Waals surface area (Å²) >= 11 is 5.83. The van der Waals surface area contributed by atoms with Crippen LogP contribution in [0.15, 0.2) is 42.5 Å². The maximum atomic E-state index is 5.88. The van der Waals surface area contributed by atoms with Gasteiger partial charge in [-0.25, -0.2) is 0 Å². The Morgan fingerprint density at radius 2 is 1.79 bits per heavy atom. The molecule has 0 radical (unpaired) electrons. The van der Waals surface area contributed by atoms with Crippen molar-refractivity contribution >= 4 is 11.6 Å². The molecule has 0 N–H and O–H groups in total. The maximum absolute atomic E-state index is 5.88. The van der Waals surface area contributed by atoms with E-state index in [2.05, 4.69) is 32.9 Å². The molecule has 0 aromatic heterocycles. The summed E-state index contributed by atoms with van der Waals surface area (Å²) in [7, 11) is 0. The predicted molar refractivity (Wildman–Crippen MR) is 81.3 cm³/mol. The molecule has 0 fully saturated rings. The Kier molecular flexibility index (Phi) is 4.49. The quantitative estimate of drug-likeness (QED) is 0.655. The summed E-state index contributed by atoms with van der Waals surface area (Å²) in [5.41, 5.74) is 3.69. The number of rotatable bonds is 4. The van der Waals surface area contributed by atoms with Gasteiger partial charge in [-0.15, -0.1) is 11.6 Å². The second kappa shape index (κ2) is 6.12. The van der Waals surface area contributed by atoms with E-state index in [1.165, 1.54) is 11.1 Å². The zero-order valence-corrected chi connectivity index (χ0v) is 12.4. The molecule has 0 aliphatic rings. The standard InChI is InChI=1S/C17H19ClO/c1-12(2)17-8-7-16(9-13(17)3)19-15-6-4-5-14(10-15)11-18/h4-10,12H,11H2,1-3H3. The lowest BCUT2D eigenvalue weighted by molar-refractivity contribution is 0.481. The van der Waals surface area contributed by atoms with Crippen molar-refractivity contribution in [3.63, 3.8) is 0 Å². The number of aryl methyl sites for hydroxylation is 1.